The number of halogens is 3. The van der Waals surface area contributed by atoms with Gasteiger partial charge in [0.25, 0.3) is 5.91 Å². The third kappa shape index (κ3) is 4.25. The Morgan fingerprint density at radius 1 is 1.24 bits per heavy atom. The van der Waals surface area contributed by atoms with Crippen LogP contribution in [0.4, 0.5) is 5.69 Å². The van der Waals surface area contributed by atoms with Crippen LogP contribution in [0.1, 0.15) is 16.1 Å². The van der Waals surface area contributed by atoms with Crippen LogP contribution in [0.15, 0.2) is 23.3 Å². The molecule has 1 aromatic carbocycles. The van der Waals surface area contributed by atoms with Crippen LogP contribution in [-0.2, 0) is 0 Å². The van der Waals surface area contributed by atoms with Gasteiger partial charge in [-0.3, -0.25) is 4.79 Å². The van der Waals surface area contributed by atoms with Crippen LogP contribution in [0.5, 0.6) is 11.5 Å². The van der Waals surface area contributed by atoms with Crippen molar-refractivity contribution < 1.29 is 14.3 Å². The molecule has 3 N–H and O–H groups in total. The molecule has 0 unspecified atom stereocenters. The zero-order valence-corrected chi connectivity index (χ0v) is 15.4. The Bertz CT molecular complexity index is 843. The van der Waals surface area contributed by atoms with Gasteiger partial charge in [0, 0.05) is 11.6 Å². The Morgan fingerprint density at radius 3 is 2.60 bits per heavy atom. The zero-order valence-electron chi connectivity index (χ0n) is 13.1. The Labute approximate surface area is 158 Å². The number of hydrogen-bond donors (Lipinski definition) is 2. The van der Waals surface area contributed by atoms with Crippen molar-refractivity contribution in [1.29, 1.82) is 0 Å². The molecule has 0 spiro atoms. The number of rotatable bonds is 5. The van der Waals surface area contributed by atoms with Crippen LogP contribution < -0.4 is 20.6 Å². The molecule has 1 amide bonds. The van der Waals surface area contributed by atoms with Crippen molar-refractivity contribution >= 4 is 52.6 Å². The molecule has 0 bridgehead atoms. The summed E-state index contributed by atoms with van der Waals surface area (Å²) in [6, 6.07) is 5.13. The lowest BCUT2D eigenvalue weighted by Gasteiger charge is -2.08. The summed E-state index contributed by atoms with van der Waals surface area (Å²) in [7, 11) is 3.05. The van der Waals surface area contributed by atoms with Gasteiger partial charge in [-0.2, -0.15) is 5.10 Å². The van der Waals surface area contributed by atoms with Crippen molar-refractivity contribution in [2.75, 3.05) is 20.0 Å². The van der Waals surface area contributed by atoms with E-state index in [1.165, 1.54) is 13.3 Å². The molecule has 7 nitrogen and oxygen atoms in total. The number of nitrogen functional groups attached to an aromatic ring is 1. The van der Waals surface area contributed by atoms with E-state index >= 15 is 0 Å². The summed E-state index contributed by atoms with van der Waals surface area (Å²) in [5.41, 5.74) is 8.35. The van der Waals surface area contributed by atoms with E-state index in [1.807, 2.05) is 0 Å². The number of pyridine rings is 1. The summed E-state index contributed by atoms with van der Waals surface area (Å²) < 4.78 is 10.3. The molecule has 2 aromatic rings. The second kappa shape index (κ2) is 8.24. The van der Waals surface area contributed by atoms with Gasteiger partial charge in [-0.05, 0) is 12.1 Å². The highest BCUT2D eigenvalue weighted by molar-refractivity contribution is 6.46. The van der Waals surface area contributed by atoms with Gasteiger partial charge in [0.05, 0.1) is 31.1 Å². The number of nitrogens with two attached hydrogens (primary N) is 1. The lowest BCUT2D eigenvalue weighted by molar-refractivity contribution is 0.0950. The minimum atomic E-state index is -0.695. The average Bonchev–Trinajstić information content (AvgIpc) is 2.62. The Hall–Kier alpha value is -2.22. The Morgan fingerprint density at radius 2 is 1.96 bits per heavy atom. The number of anilines is 1. The summed E-state index contributed by atoms with van der Waals surface area (Å²) in [6.07, 6.45) is 1.39. The van der Waals surface area contributed by atoms with Gasteiger partial charge in [0.15, 0.2) is 10.8 Å². The van der Waals surface area contributed by atoms with Gasteiger partial charge >= 0.3 is 0 Å². The second-order valence-electron chi connectivity index (χ2n) is 4.60. The molecule has 2 rings (SSSR count). The fourth-order valence-electron chi connectivity index (χ4n) is 1.82. The SMILES string of the molecule is COc1ccc(/C=N/NC(=O)c2nc(Cl)c(Cl)c(N)c2Cl)c(OC)c1. The molecule has 132 valence electrons. The van der Waals surface area contributed by atoms with E-state index in [0.717, 1.165) is 0 Å². The number of hydrazone groups is 1. The summed E-state index contributed by atoms with van der Waals surface area (Å²) >= 11 is 17.6. The summed E-state index contributed by atoms with van der Waals surface area (Å²) in [4.78, 5) is 16.0. The molecule has 0 atom stereocenters. The molecule has 0 aliphatic carbocycles. The van der Waals surface area contributed by atoms with Crippen molar-refractivity contribution in [2.24, 2.45) is 5.10 Å². The highest BCUT2D eigenvalue weighted by Crippen LogP contribution is 2.34. The molecular weight excluding hydrogens is 391 g/mol. The number of nitrogens with one attached hydrogen (secondary N) is 1. The maximum absolute atomic E-state index is 12.1. The molecule has 1 aromatic heterocycles. The standard InChI is InChI=1S/C15H13Cl3N4O3/c1-24-8-4-3-7(9(5-8)25-2)6-20-22-15(23)13-10(16)12(19)11(17)14(18)21-13/h3-6H,1-2H3,(H2,19,21)(H,22,23)/b20-6+. The van der Waals surface area contributed by atoms with Gasteiger partial charge < -0.3 is 15.2 Å². The predicted octanol–water partition coefficient (Wildman–Crippen LogP) is 3.41. The number of ether oxygens (including phenoxy) is 2. The van der Waals surface area contributed by atoms with E-state index in [2.05, 4.69) is 15.5 Å². The number of hydrogen-bond acceptors (Lipinski definition) is 6. The quantitative estimate of drug-likeness (QED) is 0.453. The normalized spacial score (nSPS) is 10.8. The zero-order chi connectivity index (χ0) is 18.6. The number of benzene rings is 1. The van der Waals surface area contributed by atoms with E-state index in [1.54, 1.807) is 25.3 Å². The molecule has 1 heterocycles. The largest absolute Gasteiger partial charge is 0.497 e. The summed E-state index contributed by atoms with van der Waals surface area (Å²) in [6.45, 7) is 0. The summed E-state index contributed by atoms with van der Waals surface area (Å²) in [5, 5.41) is 3.59. The van der Waals surface area contributed by atoms with Crippen molar-refractivity contribution in [3.05, 3.63) is 44.7 Å². The third-order valence-electron chi connectivity index (χ3n) is 3.10. The van der Waals surface area contributed by atoms with E-state index < -0.39 is 5.91 Å². The van der Waals surface area contributed by atoms with Gasteiger partial charge in [0.2, 0.25) is 0 Å². The van der Waals surface area contributed by atoms with Gasteiger partial charge in [0.1, 0.15) is 16.5 Å². The average molecular weight is 404 g/mol. The van der Waals surface area contributed by atoms with Gasteiger partial charge in [-0.1, -0.05) is 34.8 Å². The first-order valence-corrected chi connectivity index (χ1v) is 7.87. The lowest BCUT2D eigenvalue weighted by atomic mass is 10.2. The molecule has 0 saturated heterocycles. The molecule has 10 heteroatoms. The maximum Gasteiger partial charge on any atom is 0.291 e. The van der Waals surface area contributed by atoms with Crippen LogP contribution in [0.25, 0.3) is 0 Å². The molecule has 0 fully saturated rings. The number of amides is 1. The topological polar surface area (TPSA) is 98.8 Å². The van der Waals surface area contributed by atoms with Crippen LogP contribution in [0, 0.1) is 0 Å². The number of aromatic nitrogens is 1. The molecule has 0 saturated carbocycles. The predicted molar refractivity (Wildman–Crippen MR) is 98.3 cm³/mol. The van der Waals surface area contributed by atoms with Crippen LogP contribution in [0.3, 0.4) is 0 Å². The monoisotopic (exact) mass is 402 g/mol. The molecule has 0 radical (unpaired) electrons. The van der Waals surface area contributed by atoms with Crippen LogP contribution in [0.2, 0.25) is 15.2 Å². The second-order valence-corrected chi connectivity index (χ2v) is 5.71. The Kier molecular flexibility index (Phi) is 6.30. The van der Waals surface area contributed by atoms with Gasteiger partial charge in [-0.25, -0.2) is 10.4 Å². The first-order valence-electron chi connectivity index (χ1n) is 6.74. The van der Waals surface area contributed by atoms with E-state index in [4.69, 9.17) is 50.0 Å². The van der Waals surface area contributed by atoms with E-state index in [0.29, 0.717) is 17.1 Å². The minimum absolute atomic E-state index is 0.0188. The van der Waals surface area contributed by atoms with E-state index in [-0.39, 0.29) is 26.6 Å². The van der Waals surface area contributed by atoms with Crippen LogP contribution in [-0.4, -0.2) is 31.3 Å². The van der Waals surface area contributed by atoms with Crippen molar-refractivity contribution in [2.45, 2.75) is 0 Å². The van der Waals surface area contributed by atoms with Crippen molar-refractivity contribution in [1.82, 2.24) is 10.4 Å². The number of methoxy groups -OCH3 is 2. The highest BCUT2D eigenvalue weighted by atomic mass is 35.5. The van der Waals surface area contributed by atoms with Crippen molar-refractivity contribution in [3.63, 3.8) is 0 Å². The number of carbonyl (C=O) groups excluding carboxylic acids is 1. The fraction of sp³-hybridized carbons (Fsp3) is 0.133. The summed E-state index contributed by atoms with van der Waals surface area (Å²) in [5.74, 6) is 0.451. The van der Waals surface area contributed by atoms with Crippen LogP contribution >= 0.6 is 34.8 Å². The molecular formula is C15H13Cl3N4O3. The molecule has 0 aliphatic rings. The number of carbonyl (C=O) groups is 1. The van der Waals surface area contributed by atoms with Gasteiger partial charge in [-0.15, -0.1) is 0 Å². The smallest absolute Gasteiger partial charge is 0.291 e. The minimum Gasteiger partial charge on any atom is -0.497 e. The molecule has 25 heavy (non-hydrogen) atoms. The third-order valence-corrected chi connectivity index (χ3v) is 4.23. The van der Waals surface area contributed by atoms with E-state index in [9.17, 15) is 4.79 Å². The fourth-order valence-corrected chi connectivity index (χ4v) is 2.41. The highest BCUT2D eigenvalue weighted by Gasteiger charge is 2.19. The first-order chi connectivity index (χ1) is 11.9. The lowest BCUT2D eigenvalue weighted by Crippen LogP contribution is -2.20. The maximum atomic E-state index is 12.1. The first kappa shape index (κ1) is 19.1. The number of nitrogens with zero attached hydrogens (tertiary/aromatic N) is 2. The molecule has 0 aliphatic heterocycles. The van der Waals surface area contributed by atoms with Crippen molar-refractivity contribution in [3.8, 4) is 11.5 Å². The Balaban J connectivity index is 2.19.